The van der Waals surface area contributed by atoms with Crippen molar-refractivity contribution >= 4 is 39.8 Å². The highest BCUT2D eigenvalue weighted by atomic mass is 32.1. The summed E-state index contributed by atoms with van der Waals surface area (Å²) in [7, 11) is 3.33. The minimum absolute atomic E-state index is 0.223. The van der Waals surface area contributed by atoms with Crippen molar-refractivity contribution in [2.75, 3.05) is 20.6 Å². The Hall–Kier alpha value is -4.27. The second-order valence-electron chi connectivity index (χ2n) is 12.8. The first-order valence-corrected chi connectivity index (χ1v) is 16.6. The van der Waals surface area contributed by atoms with Crippen LogP contribution in [-0.4, -0.2) is 65.8 Å². The van der Waals surface area contributed by atoms with Gasteiger partial charge in [-0.2, -0.15) is 0 Å². The van der Waals surface area contributed by atoms with Gasteiger partial charge in [-0.05, 0) is 67.0 Å². The van der Waals surface area contributed by atoms with Crippen LogP contribution in [0.5, 0.6) is 0 Å². The van der Waals surface area contributed by atoms with E-state index >= 15 is 0 Å². The van der Waals surface area contributed by atoms with E-state index in [9.17, 15) is 14.4 Å². The van der Waals surface area contributed by atoms with E-state index in [-0.39, 0.29) is 17.7 Å². The number of carbonyl (C=O) groups is 3. The molecule has 4 aromatic rings. The van der Waals surface area contributed by atoms with Gasteiger partial charge in [0.15, 0.2) is 0 Å². The number of benzene rings is 3. The highest BCUT2D eigenvalue weighted by Crippen LogP contribution is 2.21. The van der Waals surface area contributed by atoms with E-state index in [1.54, 1.807) is 31.5 Å². The number of likely N-dealkylation sites (N-methyl/N-ethyl adjacent to an activating group) is 2. The summed E-state index contributed by atoms with van der Waals surface area (Å²) < 4.78 is 0. The van der Waals surface area contributed by atoms with Crippen LogP contribution in [0.15, 0.2) is 102 Å². The molecule has 3 N–H and O–H groups in total. The number of nitrogens with zero attached hydrogens (tertiary/aromatic N) is 2. The lowest BCUT2D eigenvalue weighted by molar-refractivity contribution is -0.146. The largest absolute Gasteiger partial charge is 0.354 e. The number of nitrogens with one attached hydrogen (secondary N) is 1. The van der Waals surface area contributed by atoms with Gasteiger partial charge >= 0.3 is 0 Å². The van der Waals surface area contributed by atoms with Crippen molar-refractivity contribution in [2.24, 2.45) is 5.73 Å². The lowest BCUT2D eigenvalue weighted by atomic mass is 9.96. The zero-order valence-electron chi connectivity index (χ0n) is 27.5. The molecular weight excluding hydrogens is 593 g/mol. The molecule has 1 heterocycles. The zero-order valence-corrected chi connectivity index (χ0v) is 28.3. The third-order valence-electron chi connectivity index (χ3n) is 8.10. The van der Waals surface area contributed by atoms with Crippen LogP contribution in [0.4, 0.5) is 0 Å². The van der Waals surface area contributed by atoms with Crippen molar-refractivity contribution in [1.29, 1.82) is 0 Å². The third-order valence-corrected chi connectivity index (χ3v) is 8.99. The van der Waals surface area contributed by atoms with Crippen molar-refractivity contribution in [3.05, 3.63) is 118 Å². The summed E-state index contributed by atoms with van der Waals surface area (Å²) in [6.07, 6.45) is 3.47. The fraction of sp³-hybridized carbons (Fsp3) is 0.342. The third kappa shape index (κ3) is 9.86. The quantitative estimate of drug-likeness (QED) is 0.171. The molecular formula is C38H46N4O3S. The number of hydrogen-bond donors (Lipinski definition) is 2. The molecule has 0 aliphatic rings. The molecule has 4 rings (SSSR count). The molecule has 3 aromatic carbocycles. The highest BCUT2D eigenvalue weighted by Gasteiger charge is 2.35. The van der Waals surface area contributed by atoms with Crippen molar-refractivity contribution in [2.45, 2.75) is 64.1 Å². The van der Waals surface area contributed by atoms with E-state index in [4.69, 9.17) is 5.73 Å². The average molecular weight is 639 g/mol. The lowest BCUT2D eigenvalue weighted by Gasteiger charge is -2.34. The highest BCUT2D eigenvalue weighted by molar-refractivity contribution is 7.09. The molecule has 0 unspecified atom stereocenters. The maximum atomic E-state index is 14.5. The van der Waals surface area contributed by atoms with Crippen LogP contribution in [0.1, 0.15) is 43.2 Å². The van der Waals surface area contributed by atoms with E-state index in [0.717, 1.165) is 32.3 Å². The van der Waals surface area contributed by atoms with Gasteiger partial charge in [0, 0.05) is 50.0 Å². The first-order valence-electron chi connectivity index (χ1n) is 15.7. The number of nitrogens with two attached hydrogens (primary N) is 1. The molecule has 0 saturated carbocycles. The first kappa shape index (κ1) is 34.6. The van der Waals surface area contributed by atoms with Gasteiger partial charge in [-0.15, -0.1) is 11.3 Å². The van der Waals surface area contributed by atoms with E-state index in [0.29, 0.717) is 32.2 Å². The Morgan fingerprint density at radius 3 is 2.22 bits per heavy atom. The van der Waals surface area contributed by atoms with Crippen molar-refractivity contribution < 1.29 is 14.4 Å². The van der Waals surface area contributed by atoms with Crippen molar-refractivity contribution in [3.63, 3.8) is 0 Å². The lowest BCUT2D eigenvalue weighted by Crippen LogP contribution is -2.56. The summed E-state index contributed by atoms with van der Waals surface area (Å²) >= 11 is 1.55. The van der Waals surface area contributed by atoms with Crippen LogP contribution in [-0.2, 0) is 33.6 Å². The van der Waals surface area contributed by atoms with Crippen LogP contribution >= 0.6 is 11.3 Å². The van der Waals surface area contributed by atoms with Crippen LogP contribution < -0.4 is 11.1 Å². The molecule has 8 heteroatoms. The van der Waals surface area contributed by atoms with Gasteiger partial charge in [-0.1, -0.05) is 84.4 Å². The molecule has 0 radical (unpaired) electrons. The molecule has 0 aliphatic carbocycles. The minimum atomic E-state index is -0.837. The minimum Gasteiger partial charge on any atom is -0.354 e. The van der Waals surface area contributed by atoms with E-state index in [1.165, 1.54) is 9.80 Å². The molecule has 1 aromatic heterocycles. The predicted octanol–water partition coefficient (Wildman–Crippen LogP) is 5.77. The van der Waals surface area contributed by atoms with Crippen LogP contribution in [0.3, 0.4) is 0 Å². The zero-order chi connectivity index (χ0) is 33.3. The van der Waals surface area contributed by atoms with E-state index < -0.39 is 17.6 Å². The average Bonchev–Trinajstić information content (AvgIpc) is 3.54. The van der Waals surface area contributed by atoms with Gasteiger partial charge in [0.25, 0.3) is 0 Å². The SMILES string of the molecule is CC(=CC(=O)N(C)[C@H](Cc1ccc2ccccc2c1)C(=O)N(C)[C@H](Cc1cccs1)C(=O)NCCc1ccccc1)CC(C)(C)N. The monoisotopic (exact) mass is 638 g/mol. The van der Waals surface area contributed by atoms with Gasteiger partial charge in [-0.25, -0.2) is 0 Å². The summed E-state index contributed by atoms with van der Waals surface area (Å²) in [5.41, 5.74) is 8.62. The maximum absolute atomic E-state index is 14.5. The maximum Gasteiger partial charge on any atom is 0.246 e. The van der Waals surface area contributed by atoms with Crippen LogP contribution in [0.2, 0.25) is 0 Å². The fourth-order valence-electron chi connectivity index (χ4n) is 5.72. The fourth-order valence-corrected chi connectivity index (χ4v) is 6.46. The summed E-state index contributed by atoms with van der Waals surface area (Å²) in [5.74, 6) is -0.801. The number of hydrogen-bond acceptors (Lipinski definition) is 5. The number of fused-ring (bicyclic) bond motifs is 1. The van der Waals surface area contributed by atoms with Gasteiger partial charge in [0.2, 0.25) is 17.7 Å². The topological polar surface area (TPSA) is 95.7 Å². The van der Waals surface area contributed by atoms with Crippen molar-refractivity contribution in [1.82, 2.24) is 15.1 Å². The van der Waals surface area contributed by atoms with Gasteiger partial charge in [-0.3, -0.25) is 14.4 Å². The van der Waals surface area contributed by atoms with Gasteiger partial charge in [0.1, 0.15) is 12.1 Å². The molecule has 0 saturated heterocycles. The molecule has 0 fully saturated rings. The molecule has 0 spiro atoms. The molecule has 0 bridgehead atoms. The molecule has 242 valence electrons. The summed E-state index contributed by atoms with van der Waals surface area (Å²) in [6, 6.07) is 26.4. The molecule has 3 amide bonds. The predicted molar refractivity (Wildman–Crippen MR) is 189 cm³/mol. The molecule has 7 nitrogen and oxygen atoms in total. The Labute approximate surface area is 277 Å². The Balaban J connectivity index is 1.61. The number of rotatable bonds is 14. The summed E-state index contributed by atoms with van der Waals surface area (Å²) in [5, 5.41) is 7.18. The Morgan fingerprint density at radius 2 is 1.54 bits per heavy atom. The van der Waals surface area contributed by atoms with E-state index in [2.05, 4.69) is 11.4 Å². The smallest absolute Gasteiger partial charge is 0.246 e. The van der Waals surface area contributed by atoms with Crippen molar-refractivity contribution in [3.8, 4) is 0 Å². The Morgan fingerprint density at radius 1 is 0.848 bits per heavy atom. The van der Waals surface area contributed by atoms with Gasteiger partial charge in [0.05, 0.1) is 0 Å². The number of carbonyl (C=O) groups excluding carboxylic acids is 3. The van der Waals surface area contributed by atoms with Crippen LogP contribution in [0.25, 0.3) is 10.8 Å². The Kier molecular flexibility index (Phi) is 11.9. The Bertz CT molecular complexity index is 1640. The second-order valence-corrected chi connectivity index (χ2v) is 13.8. The summed E-state index contributed by atoms with van der Waals surface area (Å²) in [4.78, 5) is 45.8. The molecule has 0 aliphatic heterocycles. The molecule has 2 atom stereocenters. The number of amides is 3. The summed E-state index contributed by atoms with van der Waals surface area (Å²) in [6.45, 7) is 6.16. The molecule has 46 heavy (non-hydrogen) atoms. The van der Waals surface area contributed by atoms with Crippen LogP contribution in [0, 0.1) is 0 Å². The van der Waals surface area contributed by atoms with E-state index in [1.807, 2.05) is 105 Å². The second kappa shape index (κ2) is 15.8. The normalized spacial score (nSPS) is 13.2. The standard InChI is InChI=1S/C38H46N4O3S/c1-27(26-38(2,3)39)22-35(43)41(4)34(24-29-17-18-30-14-9-10-15-31(30)23-29)37(45)42(5)33(25-32-16-11-21-46-32)36(44)40-20-19-28-12-7-6-8-13-28/h6-18,21-23,33-34H,19-20,24-26,39H2,1-5H3,(H,40,44)/t33-,34-/m1/s1. The number of thiophene rings is 1. The van der Waals surface area contributed by atoms with Gasteiger partial charge < -0.3 is 20.9 Å². The first-order chi connectivity index (χ1) is 21.9.